The first-order valence-corrected chi connectivity index (χ1v) is 31.4. The summed E-state index contributed by atoms with van der Waals surface area (Å²) in [5, 5.41) is 0. The fourth-order valence-electron chi connectivity index (χ4n) is 3.01. The summed E-state index contributed by atoms with van der Waals surface area (Å²) in [6.45, 7) is 25.9. The van der Waals surface area contributed by atoms with Gasteiger partial charge in [-0.1, -0.05) is 25.3 Å². The van der Waals surface area contributed by atoms with E-state index in [4.69, 9.17) is 8.85 Å². The largest absolute Gasteiger partial charge is 0.450 e. The van der Waals surface area contributed by atoms with Crippen molar-refractivity contribution in [1.82, 2.24) is 0 Å². The molecule has 0 N–H and O–H groups in total. The van der Waals surface area contributed by atoms with E-state index >= 15 is 0 Å². The molecule has 0 fully saturated rings. The Morgan fingerprint density at radius 3 is 0.952 bits per heavy atom. The average molecular weight is 825 g/mol. The van der Waals surface area contributed by atoms with Gasteiger partial charge in [0.2, 0.25) is 0 Å². The van der Waals surface area contributed by atoms with Crippen LogP contribution >= 0.6 is 0 Å². The summed E-state index contributed by atoms with van der Waals surface area (Å²) < 4.78 is 17.8. The van der Waals surface area contributed by atoms with E-state index in [9.17, 15) is 0 Å². The van der Waals surface area contributed by atoms with Crippen molar-refractivity contribution >= 4 is 58.9 Å². The van der Waals surface area contributed by atoms with E-state index in [1.807, 2.05) is 73.9 Å². The number of benzene rings is 2. The van der Waals surface area contributed by atoms with Crippen LogP contribution in [0.5, 0.6) is 0 Å². The third-order valence-corrected chi connectivity index (χ3v) is 15.2. The van der Waals surface area contributed by atoms with Crippen LogP contribution in [0.15, 0.2) is 60.7 Å². The molecule has 0 aliphatic carbocycles. The third-order valence-electron chi connectivity index (χ3n) is 5.52. The van der Waals surface area contributed by atoms with Crippen molar-refractivity contribution in [2.75, 3.05) is 0 Å². The minimum absolute atomic E-state index is 0.149. The first kappa shape index (κ1) is 44.3. The molecule has 0 spiro atoms. The maximum atomic E-state index is 5.63. The van der Waals surface area contributed by atoms with Crippen LogP contribution in [0.25, 0.3) is 0 Å². The molecule has 4 radical (unpaired) electrons. The Balaban J connectivity index is 0. The SMILES string of the molecule is CCC[CH2][Sn][CH2]CCC.CCC[CH2][Sn][CH2]CCC.C[Si](C)(C)O[CH-]c1ccccc1.C[Si](C)(C)O[CH-]c1ccccc1. The van der Waals surface area contributed by atoms with Crippen LogP contribution in [0.3, 0.4) is 0 Å². The van der Waals surface area contributed by atoms with Gasteiger partial charge in [0.15, 0.2) is 16.6 Å². The molecule has 2 aromatic carbocycles. The molecule has 0 aliphatic rings. The second-order valence-corrected chi connectivity index (χ2v) is 29.9. The second-order valence-electron chi connectivity index (χ2n) is 12.4. The number of hydrogen-bond donors (Lipinski definition) is 0. The van der Waals surface area contributed by atoms with Crippen molar-refractivity contribution in [3.63, 3.8) is 0 Å². The molecule has 240 valence electrons. The van der Waals surface area contributed by atoms with Gasteiger partial charge >= 0.3 is 139 Å². The molecule has 0 amide bonds. The van der Waals surface area contributed by atoms with Crippen LogP contribution in [0, 0.1) is 13.2 Å². The van der Waals surface area contributed by atoms with Gasteiger partial charge in [-0.25, -0.2) is 0 Å². The first-order valence-electron chi connectivity index (χ1n) is 16.5. The fourth-order valence-corrected chi connectivity index (χ4v) is 12.3. The summed E-state index contributed by atoms with van der Waals surface area (Å²) in [6, 6.07) is 20.2. The third kappa shape index (κ3) is 38.2. The van der Waals surface area contributed by atoms with Gasteiger partial charge in [0, 0.05) is 0 Å². The monoisotopic (exact) mass is 826 g/mol. The van der Waals surface area contributed by atoms with Crippen LogP contribution in [0.1, 0.15) is 90.2 Å². The van der Waals surface area contributed by atoms with Crippen molar-refractivity contribution in [2.45, 2.75) is 136 Å². The van der Waals surface area contributed by atoms with Gasteiger partial charge < -0.3 is 8.85 Å². The Morgan fingerprint density at radius 1 is 0.476 bits per heavy atom. The van der Waals surface area contributed by atoms with Crippen molar-refractivity contribution < 1.29 is 8.85 Å². The molecule has 0 saturated carbocycles. The van der Waals surface area contributed by atoms with Gasteiger partial charge in [0.05, 0.1) is 0 Å². The Kier molecular flexibility index (Phi) is 32.8. The Hall–Kier alpha value is 0.131. The quantitative estimate of drug-likeness (QED) is 0.0847. The van der Waals surface area contributed by atoms with Crippen LogP contribution in [-0.2, 0) is 8.85 Å². The van der Waals surface area contributed by atoms with Crippen molar-refractivity contribution in [3.8, 4) is 0 Å². The van der Waals surface area contributed by atoms with Gasteiger partial charge in [-0.15, -0.1) is 24.3 Å². The molecule has 0 aliphatic heterocycles. The summed E-state index contributed by atoms with van der Waals surface area (Å²) in [7, 11) is -2.79. The predicted octanol–water partition coefficient (Wildman–Crippen LogP) is 12.4. The van der Waals surface area contributed by atoms with Gasteiger partial charge in [-0.3, -0.25) is 0 Å². The zero-order chi connectivity index (χ0) is 32.0. The molecule has 42 heavy (non-hydrogen) atoms. The summed E-state index contributed by atoms with van der Waals surface area (Å²) in [4.78, 5) is 0. The van der Waals surface area contributed by atoms with Crippen LogP contribution in [0.4, 0.5) is 0 Å². The van der Waals surface area contributed by atoms with Gasteiger partial charge in [0.25, 0.3) is 0 Å². The molecular formula is C36H66O2Si2Sn2-2. The molecule has 0 bridgehead atoms. The molecule has 0 aromatic heterocycles. The van der Waals surface area contributed by atoms with E-state index in [0.29, 0.717) is 0 Å². The summed E-state index contributed by atoms with van der Waals surface area (Å²) in [6.07, 6.45) is 11.7. The van der Waals surface area contributed by atoms with E-state index in [2.05, 4.69) is 67.0 Å². The minimum atomic E-state index is -1.40. The normalized spacial score (nSPS) is 10.7. The second kappa shape index (κ2) is 31.1. The average Bonchev–Trinajstić information content (AvgIpc) is 2.96. The molecule has 2 nitrogen and oxygen atoms in total. The zero-order valence-electron chi connectivity index (χ0n) is 29.2. The first-order chi connectivity index (χ1) is 20.0. The summed E-state index contributed by atoms with van der Waals surface area (Å²) in [5.74, 6) is 0. The zero-order valence-corrected chi connectivity index (χ0v) is 36.9. The van der Waals surface area contributed by atoms with E-state index in [1.54, 1.807) is 17.7 Å². The van der Waals surface area contributed by atoms with E-state index in [0.717, 1.165) is 11.1 Å². The molecule has 0 unspecified atom stereocenters. The van der Waals surface area contributed by atoms with E-state index < -0.39 is 16.6 Å². The summed E-state index contributed by atoms with van der Waals surface area (Å²) in [5.41, 5.74) is 2.28. The molecule has 6 heteroatoms. The molecule has 0 heterocycles. The predicted molar refractivity (Wildman–Crippen MR) is 199 cm³/mol. The Labute approximate surface area is 286 Å². The number of hydrogen-bond acceptors (Lipinski definition) is 2. The standard InChI is InChI=1S/2C10H15OSi.4C4H9.2Sn/c2*1-12(2,3)11-9-10-7-5-4-6-8-10;4*1-3-4-2;;/h2*4-9H,1-3H3;4*1,3-4H2,2H3;;/q2*-1;;;;;;. The Morgan fingerprint density at radius 2 is 0.738 bits per heavy atom. The van der Waals surface area contributed by atoms with Crippen molar-refractivity contribution in [3.05, 3.63) is 85.0 Å². The van der Waals surface area contributed by atoms with Crippen LogP contribution in [0.2, 0.25) is 57.0 Å². The van der Waals surface area contributed by atoms with Crippen molar-refractivity contribution in [1.29, 1.82) is 0 Å². The maximum absolute atomic E-state index is 5.63. The van der Waals surface area contributed by atoms with Crippen LogP contribution in [-0.4, -0.2) is 58.9 Å². The topological polar surface area (TPSA) is 18.5 Å². The molecular weight excluding hydrogens is 758 g/mol. The number of rotatable bonds is 18. The Bertz CT molecular complexity index is 699. The van der Waals surface area contributed by atoms with Crippen LogP contribution < -0.4 is 0 Å². The maximum Gasteiger partial charge on any atom is 0.173 e. The van der Waals surface area contributed by atoms with Crippen molar-refractivity contribution in [2.24, 2.45) is 0 Å². The van der Waals surface area contributed by atoms with Gasteiger partial charge in [-0.05, 0) is 39.3 Å². The number of unbranched alkanes of at least 4 members (excludes halogenated alkanes) is 4. The molecule has 2 rings (SSSR count). The molecule has 0 atom stereocenters. The smallest absolute Gasteiger partial charge is 0.173 e. The fraction of sp³-hybridized carbons (Fsp3) is 0.611. The van der Waals surface area contributed by atoms with E-state index in [1.165, 1.54) is 51.4 Å². The minimum Gasteiger partial charge on any atom is -0.450 e. The van der Waals surface area contributed by atoms with Gasteiger partial charge in [0.1, 0.15) is 0 Å². The summed E-state index contributed by atoms with van der Waals surface area (Å²) >= 11 is 0.299. The molecule has 0 saturated heterocycles. The van der Waals surface area contributed by atoms with Gasteiger partial charge in [-0.2, -0.15) is 35.4 Å². The molecule has 2 aromatic rings. The van der Waals surface area contributed by atoms with E-state index in [-0.39, 0.29) is 42.3 Å².